The number of hydrogen-bond acceptors (Lipinski definition) is 2. The van der Waals surface area contributed by atoms with Gasteiger partial charge in [0, 0.05) is 5.69 Å². The fourth-order valence-electron chi connectivity index (χ4n) is 2.19. The summed E-state index contributed by atoms with van der Waals surface area (Å²) in [5, 5.41) is 0. The van der Waals surface area contributed by atoms with Crippen LogP contribution in [0.5, 0.6) is 5.75 Å². The maximum Gasteiger partial charge on any atom is 0.419 e. The smallest absolute Gasteiger partial charge is 0.419 e. The van der Waals surface area contributed by atoms with Gasteiger partial charge in [-0.1, -0.05) is 19.9 Å². The number of ether oxygens (including phenoxy) is 1. The lowest BCUT2D eigenvalue weighted by molar-refractivity contribution is -0.140. The van der Waals surface area contributed by atoms with Crippen molar-refractivity contribution in [1.29, 1.82) is 0 Å². The molecule has 2 aromatic rings. The molecule has 0 aromatic heterocycles. The van der Waals surface area contributed by atoms with Gasteiger partial charge in [-0.3, -0.25) is 0 Å². The van der Waals surface area contributed by atoms with Gasteiger partial charge in [0.1, 0.15) is 18.2 Å². The molecule has 0 radical (unpaired) electrons. The molecule has 0 aliphatic rings. The van der Waals surface area contributed by atoms with E-state index in [2.05, 4.69) is 0 Å². The molecule has 0 unspecified atom stereocenters. The quantitative estimate of drug-likeness (QED) is 0.624. The van der Waals surface area contributed by atoms with Crippen LogP contribution in [0.25, 0.3) is 0 Å². The minimum Gasteiger partial charge on any atom is -0.489 e. The predicted octanol–water partition coefficient (Wildman–Crippen LogP) is 5.13. The Morgan fingerprint density at radius 3 is 2.39 bits per heavy atom. The average molecular weight is 327 g/mol. The van der Waals surface area contributed by atoms with E-state index >= 15 is 0 Å². The van der Waals surface area contributed by atoms with E-state index in [0.29, 0.717) is 11.4 Å². The zero-order chi connectivity index (χ0) is 17.2. The summed E-state index contributed by atoms with van der Waals surface area (Å²) in [4.78, 5) is 0. The van der Waals surface area contributed by atoms with Gasteiger partial charge in [0.25, 0.3) is 0 Å². The third-order valence-electron chi connectivity index (χ3n) is 3.39. The molecule has 2 nitrogen and oxygen atoms in total. The van der Waals surface area contributed by atoms with Crippen molar-refractivity contribution in [3.8, 4) is 5.75 Å². The highest BCUT2D eigenvalue weighted by Gasteiger charge is 2.34. The molecule has 0 bridgehead atoms. The van der Waals surface area contributed by atoms with E-state index < -0.39 is 17.6 Å². The van der Waals surface area contributed by atoms with Crippen molar-refractivity contribution in [2.75, 3.05) is 5.73 Å². The molecule has 0 saturated carbocycles. The molecule has 0 amide bonds. The Hall–Kier alpha value is -2.24. The number of alkyl halides is 3. The highest BCUT2D eigenvalue weighted by atomic mass is 19.4. The van der Waals surface area contributed by atoms with Gasteiger partial charge in [0.15, 0.2) is 0 Å². The van der Waals surface area contributed by atoms with Crippen molar-refractivity contribution in [1.82, 2.24) is 0 Å². The third kappa shape index (κ3) is 4.15. The predicted molar refractivity (Wildman–Crippen MR) is 80.7 cm³/mol. The van der Waals surface area contributed by atoms with E-state index in [9.17, 15) is 17.6 Å². The van der Waals surface area contributed by atoms with Crippen LogP contribution in [0.4, 0.5) is 23.2 Å². The number of halogens is 4. The number of rotatable bonds is 4. The van der Waals surface area contributed by atoms with E-state index in [1.54, 1.807) is 18.2 Å². The molecule has 6 heteroatoms. The number of nitrogens with two attached hydrogens (primary N) is 1. The Kier molecular flexibility index (Phi) is 4.82. The van der Waals surface area contributed by atoms with Crippen molar-refractivity contribution in [3.63, 3.8) is 0 Å². The van der Waals surface area contributed by atoms with Gasteiger partial charge >= 0.3 is 6.18 Å². The van der Waals surface area contributed by atoms with E-state index in [1.165, 1.54) is 6.07 Å². The summed E-state index contributed by atoms with van der Waals surface area (Å²) in [5.74, 6) is -0.601. The number of benzene rings is 2. The molecule has 2 N–H and O–H groups in total. The molecule has 2 rings (SSSR count). The normalized spacial score (nSPS) is 11.8. The highest BCUT2D eigenvalue weighted by molar-refractivity contribution is 5.49. The zero-order valence-electron chi connectivity index (χ0n) is 12.7. The molecule has 23 heavy (non-hydrogen) atoms. The maximum absolute atomic E-state index is 13.3. The van der Waals surface area contributed by atoms with Crippen LogP contribution in [0.3, 0.4) is 0 Å². The Morgan fingerprint density at radius 1 is 1.09 bits per heavy atom. The minimum atomic E-state index is -4.73. The van der Waals surface area contributed by atoms with Crippen LogP contribution in [0, 0.1) is 5.82 Å². The van der Waals surface area contributed by atoms with Crippen LogP contribution in [-0.2, 0) is 12.8 Å². The summed E-state index contributed by atoms with van der Waals surface area (Å²) in [5.41, 5.74) is 6.13. The van der Waals surface area contributed by atoms with E-state index in [1.807, 2.05) is 13.8 Å². The SMILES string of the molecule is CC(C)c1cc(N)ccc1OCc1ccc(F)c(C(F)(F)F)c1. The molecule has 0 aliphatic carbocycles. The first-order valence-corrected chi connectivity index (χ1v) is 7.06. The number of nitrogen functional groups attached to an aromatic ring is 1. The summed E-state index contributed by atoms with van der Waals surface area (Å²) < 4.78 is 57.0. The van der Waals surface area contributed by atoms with Gasteiger partial charge in [-0.05, 0) is 47.4 Å². The van der Waals surface area contributed by atoms with Gasteiger partial charge in [0.2, 0.25) is 0 Å². The molecule has 0 heterocycles. The molecule has 0 fully saturated rings. The van der Waals surface area contributed by atoms with Crippen LogP contribution in [0.15, 0.2) is 36.4 Å². The Morgan fingerprint density at radius 2 is 1.78 bits per heavy atom. The fourth-order valence-corrected chi connectivity index (χ4v) is 2.19. The molecule has 0 spiro atoms. The van der Waals surface area contributed by atoms with Crippen LogP contribution in [-0.4, -0.2) is 0 Å². The van der Waals surface area contributed by atoms with Gasteiger partial charge in [-0.2, -0.15) is 13.2 Å². The Labute approximate surface area is 131 Å². The van der Waals surface area contributed by atoms with Crippen LogP contribution in [0.2, 0.25) is 0 Å². The first kappa shape index (κ1) is 17.1. The summed E-state index contributed by atoms with van der Waals surface area (Å²) >= 11 is 0. The second-order valence-corrected chi connectivity index (χ2v) is 5.55. The lowest BCUT2D eigenvalue weighted by Crippen LogP contribution is -2.09. The van der Waals surface area contributed by atoms with E-state index in [4.69, 9.17) is 10.5 Å². The fraction of sp³-hybridized carbons (Fsp3) is 0.294. The second-order valence-electron chi connectivity index (χ2n) is 5.55. The van der Waals surface area contributed by atoms with E-state index in [-0.39, 0.29) is 18.1 Å². The van der Waals surface area contributed by atoms with Crippen LogP contribution in [0.1, 0.15) is 36.5 Å². The van der Waals surface area contributed by atoms with Crippen LogP contribution < -0.4 is 10.5 Å². The number of anilines is 1. The van der Waals surface area contributed by atoms with Crippen molar-refractivity contribution in [2.24, 2.45) is 0 Å². The molecule has 124 valence electrons. The summed E-state index contributed by atoms with van der Waals surface area (Å²) in [6, 6.07) is 7.95. The average Bonchev–Trinajstić information content (AvgIpc) is 2.46. The molecular formula is C17H17F4NO. The monoisotopic (exact) mass is 327 g/mol. The maximum atomic E-state index is 13.3. The topological polar surface area (TPSA) is 35.2 Å². The van der Waals surface area contributed by atoms with Crippen LogP contribution >= 0.6 is 0 Å². The van der Waals surface area contributed by atoms with Crippen molar-refractivity contribution in [3.05, 3.63) is 58.9 Å². The van der Waals surface area contributed by atoms with E-state index in [0.717, 1.165) is 17.7 Å². The van der Waals surface area contributed by atoms with Crippen molar-refractivity contribution >= 4 is 5.69 Å². The Bertz CT molecular complexity index is 695. The highest BCUT2D eigenvalue weighted by Crippen LogP contribution is 2.33. The van der Waals surface area contributed by atoms with Gasteiger partial charge in [-0.15, -0.1) is 0 Å². The Balaban J connectivity index is 2.22. The summed E-state index contributed by atoms with van der Waals surface area (Å²) in [6.07, 6.45) is -4.73. The lowest BCUT2D eigenvalue weighted by Gasteiger charge is -2.15. The largest absolute Gasteiger partial charge is 0.489 e. The third-order valence-corrected chi connectivity index (χ3v) is 3.39. The van der Waals surface area contributed by atoms with Gasteiger partial charge < -0.3 is 10.5 Å². The van der Waals surface area contributed by atoms with Crippen molar-refractivity contribution < 1.29 is 22.3 Å². The molecule has 2 aromatic carbocycles. The minimum absolute atomic E-state index is 0.0903. The summed E-state index contributed by atoms with van der Waals surface area (Å²) in [6.45, 7) is 3.83. The molecule has 0 saturated heterocycles. The standard InChI is InChI=1S/C17H17F4NO/c1-10(2)13-8-12(22)4-6-16(13)23-9-11-3-5-15(18)14(7-11)17(19,20)21/h3-8,10H,9,22H2,1-2H3. The van der Waals surface area contributed by atoms with Gasteiger partial charge in [-0.25, -0.2) is 4.39 Å². The molecule has 0 atom stereocenters. The zero-order valence-corrected chi connectivity index (χ0v) is 12.7. The molecule has 0 aliphatic heterocycles. The summed E-state index contributed by atoms with van der Waals surface area (Å²) in [7, 11) is 0. The first-order chi connectivity index (χ1) is 10.7. The second kappa shape index (κ2) is 6.48. The lowest BCUT2D eigenvalue weighted by atomic mass is 10.0. The molecular weight excluding hydrogens is 310 g/mol. The number of hydrogen-bond donors (Lipinski definition) is 1. The first-order valence-electron chi connectivity index (χ1n) is 7.06. The van der Waals surface area contributed by atoms with Crippen molar-refractivity contribution in [2.45, 2.75) is 32.5 Å². The van der Waals surface area contributed by atoms with Gasteiger partial charge in [0.05, 0.1) is 5.56 Å².